The van der Waals surface area contributed by atoms with Gasteiger partial charge in [0.05, 0.1) is 18.2 Å². The Morgan fingerprint density at radius 3 is 2.92 bits per heavy atom. The zero-order valence-corrected chi connectivity index (χ0v) is 14.1. The number of aromatic nitrogens is 1. The van der Waals surface area contributed by atoms with Gasteiger partial charge in [0.2, 0.25) is 0 Å². The molecule has 25 heavy (non-hydrogen) atoms. The van der Waals surface area contributed by atoms with E-state index in [2.05, 4.69) is 4.98 Å². The Bertz CT molecular complexity index is 820. The summed E-state index contributed by atoms with van der Waals surface area (Å²) in [5, 5.41) is 0. The molecule has 0 saturated heterocycles. The van der Waals surface area contributed by atoms with Crippen molar-refractivity contribution < 1.29 is 19.1 Å². The van der Waals surface area contributed by atoms with Crippen molar-refractivity contribution in [3.8, 4) is 5.75 Å². The molecule has 0 aliphatic carbocycles. The number of hydrogen-bond acceptors (Lipinski definition) is 6. The number of carbonyl (C=O) groups is 2. The summed E-state index contributed by atoms with van der Waals surface area (Å²) in [4.78, 5) is 30.0. The first-order chi connectivity index (χ1) is 11.9. The van der Waals surface area contributed by atoms with Crippen LogP contribution in [0.4, 0.5) is 11.6 Å². The summed E-state index contributed by atoms with van der Waals surface area (Å²) >= 11 is 0. The van der Waals surface area contributed by atoms with Crippen molar-refractivity contribution in [1.82, 2.24) is 4.98 Å². The topological polar surface area (TPSA) is 94.8 Å². The van der Waals surface area contributed by atoms with E-state index in [0.29, 0.717) is 22.9 Å². The number of amides is 1. The highest BCUT2D eigenvalue weighted by Crippen LogP contribution is 2.31. The lowest BCUT2D eigenvalue weighted by molar-refractivity contribution is -0.121. The fourth-order valence-corrected chi connectivity index (χ4v) is 2.52. The SMILES string of the molecule is CC(C)OC(=O)c1cccc(CN2C(=O)COc3ccc(N)nc32)c1. The quantitative estimate of drug-likeness (QED) is 0.856. The first-order valence-electron chi connectivity index (χ1n) is 7.93. The van der Waals surface area contributed by atoms with Crippen LogP contribution in [-0.4, -0.2) is 29.6 Å². The second-order valence-electron chi connectivity index (χ2n) is 5.98. The Balaban J connectivity index is 1.86. The monoisotopic (exact) mass is 341 g/mol. The lowest BCUT2D eigenvalue weighted by atomic mass is 10.1. The van der Waals surface area contributed by atoms with Crippen LogP contribution in [0.5, 0.6) is 5.75 Å². The molecular formula is C18H19N3O4. The van der Waals surface area contributed by atoms with Crippen molar-refractivity contribution in [3.63, 3.8) is 0 Å². The average molecular weight is 341 g/mol. The second kappa shape index (κ2) is 6.80. The number of rotatable bonds is 4. The van der Waals surface area contributed by atoms with Gasteiger partial charge in [0.1, 0.15) is 5.82 Å². The summed E-state index contributed by atoms with van der Waals surface area (Å²) in [5.74, 6) is 0.570. The molecular weight excluding hydrogens is 322 g/mol. The molecule has 0 bridgehead atoms. The number of anilines is 2. The Labute approximate surface area is 145 Å². The van der Waals surface area contributed by atoms with Gasteiger partial charge in [-0.25, -0.2) is 9.78 Å². The molecule has 0 fully saturated rings. The van der Waals surface area contributed by atoms with E-state index in [0.717, 1.165) is 5.56 Å². The van der Waals surface area contributed by atoms with E-state index in [1.54, 1.807) is 44.2 Å². The number of pyridine rings is 1. The number of carbonyl (C=O) groups excluding carboxylic acids is 2. The van der Waals surface area contributed by atoms with Gasteiger partial charge in [-0.15, -0.1) is 0 Å². The molecule has 1 aromatic carbocycles. The van der Waals surface area contributed by atoms with E-state index in [9.17, 15) is 9.59 Å². The summed E-state index contributed by atoms with van der Waals surface area (Å²) in [6.45, 7) is 3.78. The number of nitrogens with zero attached hydrogens (tertiary/aromatic N) is 2. The van der Waals surface area contributed by atoms with E-state index in [4.69, 9.17) is 15.2 Å². The summed E-state index contributed by atoms with van der Waals surface area (Å²) in [7, 11) is 0. The molecule has 0 unspecified atom stereocenters. The van der Waals surface area contributed by atoms with Crippen LogP contribution in [0.2, 0.25) is 0 Å². The maximum atomic E-state index is 12.3. The van der Waals surface area contributed by atoms with Crippen molar-refractivity contribution >= 4 is 23.5 Å². The number of esters is 1. The van der Waals surface area contributed by atoms with Crippen molar-refractivity contribution in [2.24, 2.45) is 0 Å². The van der Waals surface area contributed by atoms with Gasteiger partial charge in [0.25, 0.3) is 5.91 Å². The molecule has 1 aromatic heterocycles. The van der Waals surface area contributed by atoms with Gasteiger partial charge in [-0.05, 0) is 43.7 Å². The zero-order chi connectivity index (χ0) is 18.0. The number of nitrogen functional groups attached to an aromatic ring is 1. The third-order valence-corrected chi connectivity index (χ3v) is 3.61. The smallest absolute Gasteiger partial charge is 0.338 e. The fourth-order valence-electron chi connectivity index (χ4n) is 2.52. The Morgan fingerprint density at radius 1 is 1.36 bits per heavy atom. The maximum Gasteiger partial charge on any atom is 0.338 e. The van der Waals surface area contributed by atoms with Gasteiger partial charge in [-0.2, -0.15) is 0 Å². The molecule has 2 heterocycles. The van der Waals surface area contributed by atoms with E-state index in [1.165, 1.54) is 4.90 Å². The predicted molar refractivity (Wildman–Crippen MR) is 92.3 cm³/mol. The largest absolute Gasteiger partial charge is 0.480 e. The van der Waals surface area contributed by atoms with Crippen LogP contribution < -0.4 is 15.4 Å². The second-order valence-corrected chi connectivity index (χ2v) is 5.98. The minimum absolute atomic E-state index is 0.0618. The van der Waals surface area contributed by atoms with Crippen molar-refractivity contribution in [2.75, 3.05) is 17.2 Å². The van der Waals surface area contributed by atoms with Crippen LogP contribution >= 0.6 is 0 Å². The molecule has 0 radical (unpaired) electrons. The normalized spacial score (nSPS) is 13.4. The third kappa shape index (κ3) is 3.71. The minimum Gasteiger partial charge on any atom is -0.480 e. The van der Waals surface area contributed by atoms with Gasteiger partial charge in [-0.3, -0.25) is 9.69 Å². The summed E-state index contributed by atoms with van der Waals surface area (Å²) in [5.41, 5.74) is 6.95. The number of ether oxygens (including phenoxy) is 2. The lowest BCUT2D eigenvalue weighted by Crippen LogP contribution is -2.39. The number of fused-ring (bicyclic) bond motifs is 1. The minimum atomic E-state index is -0.395. The van der Waals surface area contributed by atoms with E-state index < -0.39 is 5.97 Å². The molecule has 0 spiro atoms. The zero-order valence-electron chi connectivity index (χ0n) is 14.1. The van der Waals surface area contributed by atoms with E-state index in [1.807, 2.05) is 6.07 Å². The average Bonchev–Trinajstić information content (AvgIpc) is 2.57. The maximum absolute atomic E-state index is 12.3. The highest BCUT2D eigenvalue weighted by molar-refractivity contribution is 5.97. The highest BCUT2D eigenvalue weighted by Gasteiger charge is 2.27. The highest BCUT2D eigenvalue weighted by atomic mass is 16.5. The molecule has 3 rings (SSSR count). The third-order valence-electron chi connectivity index (χ3n) is 3.61. The summed E-state index contributed by atoms with van der Waals surface area (Å²) in [6, 6.07) is 10.3. The molecule has 1 amide bonds. The van der Waals surface area contributed by atoms with Gasteiger partial charge in [0, 0.05) is 0 Å². The van der Waals surface area contributed by atoms with Crippen molar-refractivity contribution in [3.05, 3.63) is 47.5 Å². The van der Waals surface area contributed by atoms with Gasteiger partial charge in [-0.1, -0.05) is 12.1 Å². The van der Waals surface area contributed by atoms with Crippen LogP contribution in [0.25, 0.3) is 0 Å². The summed E-state index contributed by atoms with van der Waals surface area (Å²) < 4.78 is 10.6. The number of benzene rings is 1. The van der Waals surface area contributed by atoms with E-state index >= 15 is 0 Å². The predicted octanol–water partition coefficient (Wildman–Crippen LogP) is 2.15. The molecule has 1 aliphatic heterocycles. The van der Waals surface area contributed by atoms with Crippen LogP contribution in [-0.2, 0) is 16.1 Å². The Kier molecular flexibility index (Phi) is 4.56. The number of hydrogen-bond donors (Lipinski definition) is 1. The molecule has 0 atom stereocenters. The first-order valence-corrected chi connectivity index (χ1v) is 7.93. The molecule has 1 aliphatic rings. The van der Waals surface area contributed by atoms with Crippen LogP contribution in [0.1, 0.15) is 29.8 Å². The molecule has 0 saturated carbocycles. The van der Waals surface area contributed by atoms with Gasteiger partial charge < -0.3 is 15.2 Å². The van der Waals surface area contributed by atoms with E-state index in [-0.39, 0.29) is 25.2 Å². The molecule has 7 nitrogen and oxygen atoms in total. The molecule has 2 aromatic rings. The van der Waals surface area contributed by atoms with Crippen molar-refractivity contribution in [1.29, 1.82) is 0 Å². The molecule has 130 valence electrons. The van der Waals surface area contributed by atoms with Crippen LogP contribution in [0.15, 0.2) is 36.4 Å². The standard InChI is InChI=1S/C18H19N3O4/c1-11(2)25-18(23)13-5-3-4-12(8-13)9-21-16(22)10-24-14-6-7-15(19)20-17(14)21/h3-8,11H,9-10H2,1-2H3,(H2,19,20). The van der Waals surface area contributed by atoms with Crippen LogP contribution in [0, 0.1) is 0 Å². The van der Waals surface area contributed by atoms with Gasteiger partial charge in [0.15, 0.2) is 18.2 Å². The lowest BCUT2D eigenvalue weighted by Gasteiger charge is -2.28. The first kappa shape index (κ1) is 16.8. The Hall–Kier alpha value is -3.09. The summed E-state index contributed by atoms with van der Waals surface area (Å²) in [6.07, 6.45) is -0.198. The van der Waals surface area contributed by atoms with Crippen molar-refractivity contribution in [2.45, 2.75) is 26.5 Å². The van der Waals surface area contributed by atoms with Crippen LogP contribution in [0.3, 0.4) is 0 Å². The number of nitrogens with two attached hydrogens (primary N) is 1. The Morgan fingerprint density at radius 2 is 2.16 bits per heavy atom. The molecule has 7 heteroatoms. The molecule has 2 N–H and O–H groups in total. The van der Waals surface area contributed by atoms with Gasteiger partial charge >= 0.3 is 5.97 Å². The fraction of sp³-hybridized carbons (Fsp3) is 0.278.